The van der Waals surface area contributed by atoms with Crippen molar-refractivity contribution in [2.75, 3.05) is 20.0 Å². The number of anilines is 1. The SMILES string of the molecule is CC12CCCC(C=O)C1CCc1ccc(N)cc12.COC. The molecule has 1 aromatic carbocycles. The number of benzene rings is 1. The second kappa shape index (κ2) is 6.61. The molecule has 1 saturated carbocycles. The normalized spacial score (nSPS) is 30.4. The number of hydrogen-bond donors (Lipinski definition) is 1. The van der Waals surface area contributed by atoms with E-state index >= 15 is 0 Å². The molecule has 3 heteroatoms. The van der Waals surface area contributed by atoms with Crippen molar-refractivity contribution in [1.29, 1.82) is 0 Å². The molecule has 21 heavy (non-hydrogen) atoms. The number of hydrogen-bond acceptors (Lipinski definition) is 3. The Bertz CT molecular complexity index is 500. The molecular weight excluding hydrogens is 262 g/mol. The summed E-state index contributed by atoms with van der Waals surface area (Å²) in [7, 11) is 3.25. The van der Waals surface area contributed by atoms with Gasteiger partial charge in [0.05, 0.1) is 0 Å². The van der Waals surface area contributed by atoms with E-state index in [2.05, 4.69) is 23.8 Å². The fourth-order valence-electron chi connectivity index (χ4n) is 4.25. The first-order chi connectivity index (χ1) is 10.1. The lowest BCUT2D eigenvalue weighted by Gasteiger charge is -2.49. The molecule has 0 heterocycles. The van der Waals surface area contributed by atoms with Crippen LogP contribution < -0.4 is 5.73 Å². The molecule has 0 saturated heterocycles. The maximum Gasteiger partial charge on any atom is 0.123 e. The van der Waals surface area contributed by atoms with Crippen molar-refractivity contribution in [3.63, 3.8) is 0 Å². The first kappa shape index (κ1) is 16.0. The van der Waals surface area contributed by atoms with Gasteiger partial charge in [0.2, 0.25) is 0 Å². The van der Waals surface area contributed by atoms with Crippen molar-refractivity contribution in [2.45, 2.75) is 44.4 Å². The summed E-state index contributed by atoms with van der Waals surface area (Å²) in [5.74, 6) is 0.761. The van der Waals surface area contributed by atoms with Crippen LogP contribution in [0.3, 0.4) is 0 Å². The maximum atomic E-state index is 11.3. The zero-order valence-corrected chi connectivity index (χ0v) is 13.4. The number of carbonyl (C=O) groups is 1. The van der Waals surface area contributed by atoms with Crippen molar-refractivity contribution < 1.29 is 9.53 Å². The van der Waals surface area contributed by atoms with Crippen LogP contribution in [0.15, 0.2) is 18.2 Å². The topological polar surface area (TPSA) is 52.3 Å². The van der Waals surface area contributed by atoms with E-state index in [9.17, 15) is 4.79 Å². The van der Waals surface area contributed by atoms with Gasteiger partial charge in [0.1, 0.15) is 6.29 Å². The summed E-state index contributed by atoms with van der Waals surface area (Å²) in [6.45, 7) is 2.34. The monoisotopic (exact) mass is 289 g/mol. The predicted molar refractivity (Wildman–Crippen MR) is 86.4 cm³/mol. The number of fused-ring (bicyclic) bond motifs is 3. The van der Waals surface area contributed by atoms with Crippen LogP contribution in [0, 0.1) is 11.8 Å². The summed E-state index contributed by atoms with van der Waals surface area (Å²) in [5.41, 5.74) is 9.82. The molecule has 2 aliphatic rings. The van der Waals surface area contributed by atoms with E-state index in [0.717, 1.165) is 31.4 Å². The minimum atomic E-state index is 0.160. The summed E-state index contributed by atoms with van der Waals surface area (Å²) >= 11 is 0. The summed E-state index contributed by atoms with van der Waals surface area (Å²) < 4.78 is 4.25. The summed E-state index contributed by atoms with van der Waals surface area (Å²) in [6, 6.07) is 6.33. The standard InChI is InChI=1S/C16H21NO.C2H6O/c1-16-8-2-3-12(10-18)14(16)7-5-11-4-6-13(17)9-15(11)16;1-3-2/h4,6,9-10,12,14H,2-3,5,7-8,17H2,1H3;1-2H3. The van der Waals surface area contributed by atoms with Gasteiger partial charge in [0.15, 0.2) is 0 Å². The summed E-state index contributed by atoms with van der Waals surface area (Å²) in [6.07, 6.45) is 6.86. The van der Waals surface area contributed by atoms with Crippen molar-refractivity contribution in [3.05, 3.63) is 29.3 Å². The quantitative estimate of drug-likeness (QED) is 0.637. The largest absolute Gasteiger partial charge is 0.399 e. The van der Waals surface area contributed by atoms with E-state index in [1.165, 1.54) is 23.8 Å². The number of ether oxygens (including phenoxy) is 1. The van der Waals surface area contributed by atoms with Crippen LogP contribution in [0.5, 0.6) is 0 Å². The molecule has 116 valence electrons. The van der Waals surface area contributed by atoms with E-state index in [0.29, 0.717) is 5.92 Å². The third kappa shape index (κ3) is 2.98. The highest BCUT2D eigenvalue weighted by atomic mass is 16.4. The lowest BCUT2D eigenvalue weighted by Crippen LogP contribution is -2.44. The molecule has 0 aromatic heterocycles. The highest BCUT2D eigenvalue weighted by Gasteiger charge is 2.46. The Hall–Kier alpha value is -1.35. The van der Waals surface area contributed by atoms with E-state index in [1.807, 2.05) is 6.07 Å². The molecular formula is C18H27NO2. The van der Waals surface area contributed by atoms with Crippen LogP contribution in [0.4, 0.5) is 5.69 Å². The average molecular weight is 289 g/mol. The number of aldehydes is 1. The third-order valence-corrected chi connectivity index (χ3v) is 5.22. The Morgan fingerprint density at radius 2 is 2.05 bits per heavy atom. The zero-order valence-electron chi connectivity index (χ0n) is 13.4. The first-order valence-electron chi connectivity index (χ1n) is 7.81. The van der Waals surface area contributed by atoms with Gasteiger partial charge >= 0.3 is 0 Å². The van der Waals surface area contributed by atoms with Gasteiger partial charge < -0.3 is 15.3 Å². The predicted octanol–water partition coefficient (Wildman–Crippen LogP) is 3.35. The molecule has 0 radical (unpaired) electrons. The van der Waals surface area contributed by atoms with Gasteiger partial charge in [-0.25, -0.2) is 0 Å². The molecule has 1 fully saturated rings. The van der Waals surface area contributed by atoms with Crippen molar-refractivity contribution >= 4 is 12.0 Å². The smallest absolute Gasteiger partial charge is 0.123 e. The lowest BCUT2D eigenvalue weighted by atomic mass is 9.55. The Kier molecular flexibility index (Phi) is 5.04. The van der Waals surface area contributed by atoms with Crippen LogP contribution in [-0.2, 0) is 21.4 Å². The fraction of sp³-hybridized carbons (Fsp3) is 0.611. The van der Waals surface area contributed by atoms with Crippen LogP contribution in [-0.4, -0.2) is 20.5 Å². The zero-order chi connectivity index (χ0) is 15.5. The van der Waals surface area contributed by atoms with Crippen molar-refractivity contribution in [2.24, 2.45) is 11.8 Å². The number of rotatable bonds is 1. The molecule has 0 amide bonds. The van der Waals surface area contributed by atoms with E-state index in [4.69, 9.17) is 5.73 Å². The molecule has 0 bridgehead atoms. The molecule has 3 unspecified atom stereocenters. The minimum Gasteiger partial charge on any atom is -0.399 e. The Morgan fingerprint density at radius 3 is 2.71 bits per heavy atom. The minimum absolute atomic E-state index is 0.160. The van der Waals surface area contributed by atoms with E-state index < -0.39 is 0 Å². The van der Waals surface area contributed by atoms with Crippen molar-refractivity contribution in [1.82, 2.24) is 0 Å². The molecule has 2 aliphatic carbocycles. The van der Waals surface area contributed by atoms with Gasteiger partial charge in [-0.3, -0.25) is 0 Å². The van der Waals surface area contributed by atoms with Crippen LogP contribution in [0.2, 0.25) is 0 Å². The second-order valence-corrected chi connectivity index (χ2v) is 6.58. The Balaban J connectivity index is 0.000000497. The molecule has 0 spiro atoms. The number of nitrogens with two attached hydrogens (primary N) is 1. The third-order valence-electron chi connectivity index (χ3n) is 5.22. The number of nitrogen functional groups attached to an aromatic ring is 1. The average Bonchev–Trinajstić information content (AvgIpc) is 2.47. The molecule has 3 nitrogen and oxygen atoms in total. The fourth-order valence-corrected chi connectivity index (χ4v) is 4.25. The highest BCUT2D eigenvalue weighted by Crippen LogP contribution is 2.51. The molecule has 3 rings (SSSR count). The van der Waals surface area contributed by atoms with Gasteiger partial charge in [-0.15, -0.1) is 0 Å². The highest BCUT2D eigenvalue weighted by molar-refractivity contribution is 5.57. The van der Waals surface area contributed by atoms with Crippen LogP contribution in [0.1, 0.15) is 43.7 Å². The maximum absolute atomic E-state index is 11.3. The van der Waals surface area contributed by atoms with E-state index in [1.54, 1.807) is 14.2 Å². The molecule has 3 atom stereocenters. The van der Waals surface area contributed by atoms with Gasteiger partial charge in [-0.2, -0.15) is 0 Å². The molecule has 2 N–H and O–H groups in total. The van der Waals surface area contributed by atoms with Crippen LogP contribution >= 0.6 is 0 Å². The second-order valence-electron chi connectivity index (χ2n) is 6.58. The molecule has 0 aliphatic heterocycles. The lowest BCUT2D eigenvalue weighted by molar-refractivity contribution is -0.115. The number of carbonyl (C=O) groups excluding carboxylic acids is 1. The van der Waals surface area contributed by atoms with Crippen molar-refractivity contribution in [3.8, 4) is 0 Å². The van der Waals surface area contributed by atoms with Crippen LogP contribution in [0.25, 0.3) is 0 Å². The summed E-state index contributed by atoms with van der Waals surface area (Å²) in [4.78, 5) is 11.3. The molecule has 1 aromatic rings. The van der Waals surface area contributed by atoms with Gasteiger partial charge in [0, 0.05) is 25.8 Å². The number of methoxy groups -OCH3 is 1. The van der Waals surface area contributed by atoms with Gasteiger partial charge in [-0.1, -0.05) is 19.4 Å². The Labute approximate surface area is 127 Å². The first-order valence-corrected chi connectivity index (χ1v) is 7.81. The summed E-state index contributed by atoms with van der Waals surface area (Å²) in [5, 5.41) is 0. The van der Waals surface area contributed by atoms with E-state index in [-0.39, 0.29) is 11.3 Å². The Morgan fingerprint density at radius 1 is 1.33 bits per heavy atom. The van der Waals surface area contributed by atoms with Gasteiger partial charge in [0.25, 0.3) is 0 Å². The van der Waals surface area contributed by atoms with Gasteiger partial charge in [-0.05, 0) is 60.3 Å². The number of aryl methyl sites for hydroxylation is 1.